The van der Waals surface area contributed by atoms with Crippen molar-refractivity contribution < 1.29 is 18.3 Å². The number of hydrogen-bond acceptors (Lipinski definition) is 3. The van der Waals surface area contributed by atoms with Gasteiger partial charge in [-0.15, -0.1) is 0 Å². The maximum Gasteiger partial charge on any atom is 0.387 e. The van der Waals surface area contributed by atoms with Gasteiger partial charge in [-0.3, -0.25) is 4.79 Å². The molecule has 2 aliphatic heterocycles. The first-order chi connectivity index (χ1) is 16.5. The van der Waals surface area contributed by atoms with Crippen LogP contribution in [0.4, 0.5) is 8.78 Å². The van der Waals surface area contributed by atoms with Crippen LogP contribution in [0.2, 0.25) is 0 Å². The minimum atomic E-state index is -3.01. The van der Waals surface area contributed by atoms with Crippen molar-refractivity contribution in [2.24, 2.45) is 0 Å². The molecule has 0 saturated heterocycles. The van der Waals surface area contributed by atoms with E-state index in [2.05, 4.69) is 11.8 Å². The van der Waals surface area contributed by atoms with Gasteiger partial charge in [0.05, 0.1) is 22.8 Å². The van der Waals surface area contributed by atoms with E-state index in [1.807, 2.05) is 59.2 Å². The number of rotatable bonds is 2. The fourth-order valence-corrected chi connectivity index (χ4v) is 4.60. The van der Waals surface area contributed by atoms with Crippen molar-refractivity contribution in [3.8, 4) is 17.6 Å². The zero-order valence-corrected chi connectivity index (χ0v) is 18.0. The van der Waals surface area contributed by atoms with Gasteiger partial charge in [0, 0.05) is 29.3 Å². The first-order valence-electron chi connectivity index (χ1n) is 10.7. The summed E-state index contributed by atoms with van der Waals surface area (Å²) < 4.78 is 33.2. The Morgan fingerprint density at radius 1 is 1.00 bits per heavy atom. The van der Waals surface area contributed by atoms with E-state index >= 15 is 0 Å². The summed E-state index contributed by atoms with van der Waals surface area (Å²) in [6.07, 6.45) is 1.87. The number of allylic oxidation sites excluding steroid dienone is 1. The van der Waals surface area contributed by atoms with Gasteiger partial charge in [-0.1, -0.05) is 36.1 Å². The summed E-state index contributed by atoms with van der Waals surface area (Å²) in [5.41, 5.74) is 4.57. The summed E-state index contributed by atoms with van der Waals surface area (Å²) in [4.78, 5) is 19.4. The van der Waals surface area contributed by atoms with Gasteiger partial charge < -0.3 is 14.2 Å². The van der Waals surface area contributed by atoms with Gasteiger partial charge in [0.15, 0.2) is 5.82 Å². The van der Waals surface area contributed by atoms with Crippen LogP contribution in [0.5, 0.6) is 5.75 Å². The molecule has 2 bridgehead atoms. The van der Waals surface area contributed by atoms with Crippen LogP contribution < -0.4 is 4.74 Å². The number of ether oxygens (including phenoxy) is 1. The molecule has 166 valence electrons. The molecule has 0 fully saturated rings. The summed E-state index contributed by atoms with van der Waals surface area (Å²) in [6.45, 7) is -3.01. The second kappa shape index (κ2) is 7.56. The predicted octanol–water partition coefficient (Wildman–Crippen LogP) is 5.07. The SMILES string of the molecule is CN1C(=O)c2cccc(OC(F)F)c2[C@H]2C=C1c1nc3ccc(C#Cc4ccccc4)cc3n12. The highest BCUT2D eigenvalue weighted by Gasteiger charge is 2.39. The van der Waals surface area contributed by atoms with Crippen molar-refractivity contribution in [1.29, 1.82) is 0 Å². The molecule has 0 unspecified atom stereocenters. The lowest BCUT2D eigenvalue weighted by atomic mass is 9.99. The van der Waals surface area contributed by atoms with Crippen LogP contribution in [0.1, 0.15) is 38.9 Å². The van der Waals surface area contributed by atoms with E-state index in [0.29, 0.717) is 22.6 Å². The minimum Gasteiger partial charge on any atom is -0.434 e. The molecule has 34 heavy (non-hydrogen) atoms. The van der Waals surface area contributed by atoms with Crippen LogP contribution in [-0.4, -0.2) is 34.0 Å². The van der Waals surface area contributed by atoms with E-state index in [-0.39, 0.29) is 11.7 Å². The fraction of sp³-hybridized carbons (Fsp3) is 0.111. The average Bonchev–Trinajstić information content (AvgIpc) is 3.36. The molecule has 0 N–H and O–H groups in total. The molecule has 0 aliphatic carbocycles. The Balaban J connectivity index is 1.54. The van der Waals surface area contributed by atoms with Crippen LogP contribution >= 0.6 is 0 Å². The van der Waals surface area contributed by atoms with Crippen LogP contribution in [0.15, 0.2) is 72.8 Å². The largest absolute Gasteiger partial charge is 0.434 e. The lowest BCUT2D eigenvalue weighted by molar-refractivity contribution is -0.0506. The van der Waals surface area contributed by atoms with E-state index in [9.17, 15) is 13.6 Å². The Hall–Kier alpha value is -4.44. The third-order valence-electron chi connectivity index (χ3n) is 6.11. The molecule has 3 aromatic carbocycles. The van der Waals surface area contributed by atoms with Crippen LogP contribution in [0.3, 0.4) is 0 Å². The number of hydrogen-bond donors (Lipinski definition) is 0. The molecule has 1 aromatic heterocycles. The van der Waals surface area contributed by atoms with Gasteiger partial charge in [-0.25, -0.2) is 4.98 Å². The van der Waals surface area contributed by atoms with Gasteiger partial charge in [-0.05, 0) is 48.5 Å². The summed E-state index contributed by atoms with van der Waals surface area (Å²) in [6, 6.07) is 19.5. The topological polar surface area (TPSA) is 47.4 Å². The first kappa shape index (κ1) is 20.2. The molecule has 0 spiro atoms. The number of carbonyl (C=O) groups excluding carboxylic acids is 1. The molecule has 2 aliphatic rings. The monoisotopic (exact) mass is 453 g/mol. The number of halogens is 2. The molecule has 4 aromatic rings. The fourth-order valence-electron chi connectivity index (χ4n) is 4.60. The van der Waals surface area contributed by atoms with E-state index in [4.69, 9.17) is 9.72 Å². The Bertz CT molecular complexity index is 1560. The number of alkyl halides is 2. The summed E-state index contributed by atoms with van der Waals surface area (Å²) in [5, 5.41) is 0. The third-order valence-corrected chi connectivity index (χ3v) is 6.11. The number of amides is 1. The van der Waals surface area contributed by atoms with E-state index in [0.717, 1.165) is 22.2 Å². The summed E-state index contributed by atoms with van der Waals surface area (Å²) in [5.74, 6) is 6.62. The number of imidazole rings is 1. The lowest BCUT2D eigenvalue weighted by Crippen LogP contribution is -2.27. The van der Waals surface area contributed by atoms with Crippen LogP contribution in [0, 0.1) is 11.8 Å². The summed E-state index contributed by atoms with van der Waals surface area (Å²) >= 11 is 0. The van der Waals surface area contributed by atoms with E-state index < -0.39 is 12.7 Å². The maximum atomic E-state index is 13.2. The number of carbonyl (C=O) groups is 1. The van der Waals surface area contributed by atoms with Crippen molar-refractivity contribution in [2.75, 3.05) is 7.05 Å². The maximum absolute atomic E-state index is 13.2. The van der Waals surface area contributed by atoms with Crippen LogP contribution in [0.25, 0.3) is 16.7 Å². The highest BCUT2D eigenvalue weighted by atomic mass is 19.3. The zero-order chi connectivity index (χ0) is 23.4. The van der Waals surface area contributed by atoms with Gasteiger partial charge in [0.2, 0.25) is 0 Å². The molecular formula is C27H17F2N3O2. The number of fused-ring (bicyclic) bond motifs is 8. The number of benzene rings is 3. The normalized spacial score (nSPS) is 16.0. The van der Waals surface area contributed by atoms with Gasteiger partial charge in [0.25, 0.3) is 5.91 Å². The standard InChI is InChI=1S/C27H17F2N3O2/c1-31-22-15-21(24-18(26(31)33)8-5-9-23(24)34-27(28)29)32-20-14-17(12-13-19(20)30-25(22)32)11-10-16-6-3-2-4-7-16/h2-9,12-15,21,27H,1H3/t21-/m1/s1. The first-order valence-corrected chi connectivity index (χ1v) is 10.7. The highest BCUT2D eigenvalue weighted by molar-refractivity contribution is 6.03. The Morgan fingerprint density at radius 2 is 1.79 bits per heavy atom. The van der Waals surface area contributed by atoms with Crippen molar-refractivity contribution in [1.82, 2.24) is 14.5 Å². The molecule has 5 nitrogen and oxygen atoms in total. The number of nitrogens with zero attached hydrogens (tertiary/aromatic N) is 3. The smallest absolute Gasteiger partial charge is 0.387 e. The average molecular weight is 453 g/mol. The summed E-state index contributed by atoms with van der Waals surface area (Å²) in [7, 11) is 1.66. The van der Waals surface area contributed by atoms with Gasteiger partial charge in [-0.2, -0.15) is 8.78 Å². The van der Waals surface area contributed by atoms with Crippen molar-refractivity contribution >= 4 is 22.6 Å². The Labute approximate surface area is 193 Å². The highest BCUT2D eigenvalue weighted by Crippen LogP contribution is 2.46. The molecule has 0 radical (unpaired) electrons. The molecule has 0 saturated carbocycles. The quantitative estimate of drug-likeness (QED) is 0.399. The Kier molecular flexibility index (Phi) is 4.49. The molecular weight excluding hydrogens is 436 g/mol. The van der Waals surface area contributed by atoms with Gasteiger partial charge in [0.1, 0.15) is 5.75 Å². The van der Waals surface area contributed by atoms with Gasteiger partial charge >= 0.3 is 6.61 Å². The minimum absolute atomic E-state index is 0.0218. The Morgan fingerprint density at radius 3 is 2.59 bits per heavy atom. The third kappa shape index (κ3) is 3.07. The van der Waals surface area contributed by atoms with Crippen LogP contribution in [-0.2, 0) is 0 Å². The lowest BCUT2D eigenvalue weighted by Gasteiger charge is -2.24. The second-order valence-corrected chi connectivity index (χ2v) is 8.08. The molecule has 1 atom stereocenters. The van der Waals surface area contributed by atoms with E-state index in [1.165, 1.54) is 11.0 Å². The molecule has 7 heteroatoms. The second-order valence-electron chi connectivity index (χ2n) is 8.08. The van der Waals surface area contributed by atoms with E-state index in [1.54, 1.807) is 19.2 Å². The molecule has 1 amide bonds. The molecule has 6 rings (SSSR count). The van der Waals surface area contributed by atoms with Crippen molar-refractivity contribution in [3.05, 3.63) is 101 Å². The van der Waals surface area contributed by atoms with Crippen molar-refractivity contribution in [3.63, 3.8) is 0 Å². The molecule has 3 heterocycles. The predicted molar refractivity (Wildman–Crippen MR) is 123 cm³/mol. The van der Waals surface area contributed by atoms with Crippen molar-refractivity contribution in [2.45, 2.75) is 12.7 Å². The number of aromatic nitrogens is 2. The zero-order valence-electron chi connectivity index (χ0n) is 18.0.